The molecule has 0 fully saturated rings. The molecule has 12 aromatic rings. The van der Waals surface area contributed by atoms with Gasteiger partial charge in [-0.25, -0.2) is 19.9 Å². The van der Waals surface area contributed by atoms with E-state index in [-0.39, 0.29) is 0 Å². The first-order valence-electron chi connectivity index (χ1n) is 20.0. The predicted octanol–water partition coefficient (Wildman–Crippen LogP) is 15.2. The highest BCUT2D eigenvalue weighted by Crippen LogP contribution is 2.45. The molecule has 0 spiro atoms. The van der Waals surface area contributed by atoms with Crippen molar-refractivity contribution in [2.75, 3.05) is 0 Å². The van der Waals surface area contributed by atoms with E-state index < -0.39 is 0 Å². The normalized spacial score (nSPS) is 11.7. The smallest absolute Gasteiger partial charge is 0.164 e. The molecule has 0 radical (unpaired) electrons. The molecule has 6 heteroatoms. The van der Waals surface area contributed by atoms with Crippen LogP contribution in [0.25, 0.3) is 119 Å². The van der Waals surface area contributed by atoms with E-state index in [9.17, 15) is 0 Å². The number of nitrogens with zero attached hydrogens (tertiary/aromatic N) is 4. The average molecular weight is 801 g/mol. The summed E-state index contributed by atoms with van der Waals surface area (Å²) in [6.07, 6.45) is 0. The van der Waals surface area contributed by atoms with E-state index in [1.165, 1.54) is 57.0 Å². The van der Waals surface area contributed by atoms with Gasteiger partial charge in [-0.3, -0.25) is 0 Å². The SMILES string of the molecule is c1ccc(-c2nc(-c3ccccc3)nc(-c3ccc(-c4nc5cc(-c6cccc(-c7cccc8c7sc7ccccc78)c6)ccc5c5sc6ccccc6c45)cc3)n2)cc1. The van der Waals surface area contributed by atoms with Crippen LogP contribution in [0.2, 0.25) is 0 Å². The lowest BCUT2D eigenvalue weighted by Crippen LogP contribution is -2.00. The molecule has 0 aliphatic heterocycles. The van der Waals surface area contributed by atoms with Gasteiger partial charge in [0.2, 0.25) is 0 Å². The molecule has 0 aliphatic carbocycles. The second-order valence-corrected chi connectivity index (χ2v) is 17.1. The number of fused-ring (bicyclic) bond motifs is 8. The van der Waals surface area contributed by atoms with Crippen LogP contribution >= 0.6 is 22.7 Å². The Morgan fingerprint density at radius 2 is 0.800 bits per heavy atom. The first-order chi connectivity index (χ1) is 29.7. The maximum atomic E-state index is 5.50. The third-order valence-corrected chi connectivity index (χ3v) is 13.8. The maximum Gasteiger partial charge on any atom is 0.164 e. The molecule has 0 amide bonds. The van der Waals surface area contributed by atoms with Crippen molar-refractivity contribution >= 4 is 73.9 Å². The first-order valence-corrected chi connectivity index (χ1v) is 21.6. The van der Waals surface area contributed by atoms with Crippen LogP contribution in [0, 0.1) is 0 Å². The summed E-state index contributed by atoms with van der Waals surface area (Å²) >= 11 is 3.71. The van der Waals surface area contributed by atoms with Crippen LogP contribution in [0.4, 0.5) is 0 Å². The van der Waals surface area contributed by atoms with Gasteiger partial charge in [0, 0.05) is 68.0 Å². The zero-order valence-electron chi connectivity index (χ0n) is 32.1. The van der Waals surface area contributed by atoms with E-state index in [0.29, 0.717) is 17.5 Å². The highest BCUT2D eigenvalue weighted by atomic mass is 32.1. The third-order valence-electron chi connectivity index (χ3n) is 11.3. The molecule has 0 aliphatic rings. The van der Waals surface area contributed by atoms with Crippen LogP contribution in [0.5, 0.6) is 0 Å². The number of benzene rings is 8. The van der Waals surface area contributed by atoms with Gasteiger partial charge in [-0.2, -0.15) is 0 Å². The summed E-state index contributed by atoms with van der Waals surface area (Å²) in [4.78, 5) is 20.4. The number of hydrogen-bond acceptors (Lipinski definition) is 6. The minimum atomic E-state index is 0.627. The van der Waals surface area contributed by atoms with Crippen molar-refractivity contribution < 1.29 is 0 Å². The average Bonchev–Trinajstić information content (AvgIpc) is 3.91. The summed E-state index contributed by atoms with van der Waals surface area (Å²) in [6.45, 7) is 0. The van der Waals surface area contributed by atoms with E-state index in [2.05, 4.69) is 133 Å². The topological polar surface area (TPSA) is 51.6 Å². The Morgan fingerprint density at radius 1 is 0.300 bits per heavy atom. The Balaban J connectivity index is 0.978. The molecular formula is C54H32N4S2. The van der Waals surface area contributed by atoms with Gasteiger partial charge < -0.3 is 0 Å². The maximum absolute atomic E-state index is 5.50. The summed E-state index contributed by atoms with van der Waals surface area (Å²) in [7, 11) is 0. The molecule has 60 heavy (non-hydrogen) atoms. The monoisotopic (exact) mass is 800 g/mol. The number of aromatic nitrogens is 4. The van der Waals surface area contributed by atoms with Crippen LogP contribution in [-0.2, 0) is 0 Å². The van der Waals surface area contributed by atoms with Gasteiger partial charge in [0.1, 0.15) is 0 Å². The Kier molecular flexibility index (Phi) is 8.18. The Bertz CT molecular complexity index is 3540. The van der Waals surface area contributed by atoms with E-state index in [1.807, 2.05) is 83.3 Å². The standard InChI is InChI=1S/C54H32N4S2/c1-3-13-34(14-4-1)52-56-53(35-15-5-2-6-16-35)58-54(57-52)36-27-25-33(26-28-36)49-48-44-20-8-10-24-47(44)60-51(48)43-30-29-38(32-45(43)55-49)37-17-11-18-39(31-37)40-21-12-22-42-41-19-7-9-23-46(41)59-50(40)42/h1-32H. The van der Waals surface area contributed by atoms with E-state index >= 15 is 0 Å². The second kappa shape index (κ2) is 14.2. The van der Waals surface area contributed by atoms with Gasteiger partial charge in [-0.15, -0.1) is 22.7 Å². The van der Waals surface area contributed by atoms with E-state index in [1.54, 1.807) is 0 Å². The van der Waals surface area contributed by atoms with Crippen molar-refractivity contribution in [3.05, 3.63) is 194 Å². The number of rotatable bonds is 6. The molecule has 4 nitrogen and oxygen atoms in total. The lowest BCUT2D eigenvalue weighted by atomic mass is 9.96. The third kappa shape index (κ3) is 5.88. The van der Waals surface area contributed by atoms with Crippen LogP contribution in [-0.4, -0.2) is 19.9 Å². The molecule has 4 aromatic heterocycles. The second-order valence-electron chi connectivity index (χ2n) is 15.0. The molecule has 0 atom stereocenters. The van der Waals surface area contributed by atoms with Gasteiger partial charge in [-0.1, -0.05) is 170 Å². The minimum Gasteiger partial charge on any atom is -0.247 e. The zero-order valence-corrected chi connectivity index (χ0v) is 33.7. The fourth-order valence-corrected chi connectivity index (χ4v) is 10.9. The minimum absolute atomic E-state index is 0.627. The Hall–Kier alpha value is -7.38. The molecule has 8 aromatic carbocycles. The van der Waals surface area contributed by atoms with Crippen molar-refractivity contribution in [3.8, 4) is 67.7 Å². The van der Waals surface area contributed by atoms with Gasteiger partial charge in [0.15, 0.2) is 17.5 Å². The highest BCUT2D eigenvalue weighted by Gasteiger charge is 2.19. The van der Waals surface area contributed by atoms with E-state index in [0.717, 1.165) is 44.4 Å². The van der Waals surface area contributed by atoms with Gasteiger partial charge in [-0.05, 0) is 46.5 Å². The lowest BCUT2D eigenvalue weighted by molar-refractivity contribution is 1.07. The van der Waals surface area contributed by atoms with Crippen LogP contribution in [0.3, 0.4) is 0 Å². The summed E-state index contributed by atoms with van der Waals surface area (Å²) in [5.74, 6) is 1.91. The van der Waals surface area contributed by atoms with Crippen molar-refractivity contribution in [1.82, 2.24) is 19.9 Å². The molecule has 12 rings (SSSR count). The van der Waals surface area contributed by atoms with E-state index in [4.69, 9.17) is 19.9 Å². The largest absolute Gasteiger partial charge is 0.247 e. The van der Waals surface area contributed by atoms with Crippen molar-refractivity contribution in [1.29, 1.82) is 0 Å². The molecule has 0 bridgehead atoms. The molecule has 280 valence electrons. The van der Waals surface area contributed by atoms with Crippen molar-refractivity contribution in [2.45, 2.75) is 0 Å². The first kappa shape index (κ1) is 34.6. The number of pyridine rings is 1. The summed E-state index contributed by atoms with van der Waals surface area (Å²) in [5.41, 5.74) is 10.6. The van der Waals surface area contributed by atoms with Gasteiger partial charge in [0.05, 0.1) is 11.2 Å². The zero-order chi connectivity index (χ0) is 39.6. The quantitative estimate of drug-likeness (QED) is 0.168. The summed E-state index contributed by atoms with van der Waals surface area (Å²) in [5, 5.41) is 6.18. The predicted molar refractivity (Wildman–Crippen MR) is 254 cm³/mol. The van der Waals surface area contributed by atoms with Gasteiger partial charge in [0.25, 0.3) is 0 Å². The molecule has 4 heterocycles. The van der Waals surface area contributed by atoms with Crippen molar-refractivity contribution in [3.63, 3.8) is 0 Å². The molecule has 0 saturated carbocycles. The van der Waals surface area contributed by atoms with Crippen LogP contribution in [0.1, 0.15) is 0 Å². The Morgan fingerprint density at radius 3 is 1.52 bits per heavy atom. The highest BCUT2D eigenvalue weighted by molar-refractivity contribution is 7.27. The number of thiophene rings is 2. The van der Waals surface area contributed by atoms with Crippen LogP contribution in [0.15, 0.2) is 194 Å². The molecule has 0 saturated heterocycles. The molecule has 0 unspecified atom stereocenters. The Labute approximate surface area is 353 Å². The number of hydrogen-bond donors (Lipinski definition) is 0. The fraction of sp³-hybridized carbons (Fsp3) is 0. The van der Waals surface area contributed by atoms with Crippen LogP contribution < -0.4 is 0 Å². The lowest BCUT2D eigenvalue weighted by Gasteiger charge is -2.11. The fourth-order valence-electron chi connectivity index (χ4n) is 8.41. The molecule has 0 N–H and O–H groups in total. The molecular weight excluding hydrogens is 769 g/mol. The summed E-state index contributed by atoms with van der Waals surface area (Å²) < 4.78 is 5.13. The van der Waals surface area contributed by atoms with Gasteiger partial charge >= 0.3 is 0 Å². The van der Waals surface area contributed by atoms with Crippen molar-refractivity contribution in [2.24, 2.45) is 0 Å². The summed E-state index contributed by atoms with van der Waals surface area (Å²) in [6, 6.07) is 68.5.